The van der Waals surface area contributed by atoms with Crippen LogP contribution < -0.4 is 0 Å². The lowest BCUT2D eigenvalue weighted by atomic mass is 10.0. The lowest BCUT2D eigenvalue weighted by molar-refractivity contribution is 0.414. The summed E-state index contributed by atoms with van der Waals surface area (Å²) in [6, 6.07) is 17.1. The molecule has 3 aromatic rings. The molecule has 2 aromatic heterocycles. The normalized spacial score (nSPS) is 11.3. The summed E-state index contributed by atoms with van der Waals surface area (Å²) in [7, 11) is 4.25. The molecular weight excluding hydrogens is 244 g/mol. The molecule has 1 aromatic carbocycles. The Morgan fingerprint density at radius 1 is 0.950 bits per heavy atom. The Morgan fingerprint density at radius 3 is 2.45 bits per heavy atom. The lowest BCUT2D eigenvalue weighted by Gasteiger charge is -2.10. The van der Waals surface area contributed by atoms with E-state index in [0.29, 0.717) is 0 Å². The van der Waals surface area contributed by atoms with Crippen LogP contribution in [0, 0.1) is 0 Å². The van der Waals surface area contributed by atoms with Gasteiger partial charge >= 0.3 is 0 Å². The summed E-state index contributed by atoms with van der Waals surface area (Å²) in [5.41, 5.74) is 5.39. The monoisotopic (exact) mass is 264 g/mol. The summed E-state index contributed by atoms with van der Waals surface area (Å²) in [5, 5.41) is 0. The second-order valence-electron chi connectivity index (χ2n) is 5.43. The second kappa shape index (κ2) is 5.51. The molecule has 0 atom stereocenters. The summed E-state index contributed by atoms with van der Waals surface area (Å²) >= 11 is 0. The third-order valence-corrected chi connectivity index (χ3v) is 3.69. The van der Waals surface area contributed by atoms with Crippen molar-refractivity contribution in [1.82, 2.24) is 9.30 Å². The number of nitrogens with zero attached hydrogens (tertiary/aromatic N) is 2. The summed E-state index contributed by atoms with van der Waals surface area (Å²) in [6.07, 6.45) is 5.44. The van der Waals surface area contributed by atoms with Crippen molar-refractivity contribution in [2.75, 3.05) is 20.6 Å². The zero-order chi connectivity index (χ0) is 13.9. The number of benzene rings is 1. The minimum atomic E-state index is 1.06. The molecule has 0 N–H and O–H groups in total. The van der Waals surface area contributed by atoms with Crippen molar-refractivity contribution >= 4 is 5.52 Å². The maximum atomic E-state index is 2.25. The molecule has 0 amide bonds. The number of rotatable bonds is 4. The molecule has 2 nitrogen and oxygen atoms in total. The average molecular weight is 264 g/mol. The molecular formula is C18H20N2. The predicted molar refractivity (Wildman–Crippen MR) is 85.1 cm³/mol. The van der Waals surface area contributed by atoms with Gasteiger partial charge in [-0.3, -0.25) is 0 Å². The number of pyridine rings is 1. The minimum Gasteiger partial charge on any atom is -0.323 e. The lowest BCUT2D eigenvalue weighted by Crippen LogP contribution is -2.15. The highest BCUT2D eigenvalue weighted by molar-refractivity contribution is 5.76. The van der Waals surface area contributed by atoms with E-state index in [0.717, 1.165) is 13.0 Å². The van der Waals surface area contributed by atoms with Gasteiger partial charge in [0.15, 0.2) is 0 Å². The highest BCUT2D eigenvalue weighted by Gasteiger charge is 2.11. The van der Waals surface area contributed by atoms with Crippen molar-refractivity contribution in [3.05, 3.63) is 66.5 Å². The van der Waals surface area contributed by atoms with Gasteiger partial charge in [0.05, 0.1) is 0 Å². The van der Waals surface area contributed by atoms with Gasteiger partial charge in [-0.25, -0.2) is 0 Å². The van der Waals surface area contributed by atoms with Crippen LogP contribution in [0.25, 0.3) is 16.6 Å². The molecule has 0 radical (unpaired) electrons. The van der Waals surface area contributed by atoms with E-state index < -0.39 is 0 Å². The van der Waals surface area contributed by atoms with Crippen LogP contribution >= 0.6 is 0 Å². The van der Waals surface area contributed by atoms with E-state index in [9.17, 15) is 0 Å². The largest absolute Gasteiger partial charge is 0.323 e. The van der Waals surface area contributed by atoms with Gasteiger partial charge in [-0.1, -0.05) is 36.4 Å². The van der Waals surface area contributed by atoms with E-state index in [2.05, 4.69) is 84.3 Å². The molecule has 102 valence electrons. The fourth-order valence-electron chi connectivity index (χ4n) is 2.64. The number of aromatic nitrogens is 1. The van der Waals surface area contributed by atoms with Crippen molar-refractivity contribution in [3.63, 3.8) is 0 Å². The van der Waals surface area contributed by atoms with Crippen LogP contribution in [0.3, 0.4) is 0 Å². The molecule has 0 aliphatic heterocycles. The molecule has 2 heterocycles. The Balaban J connectivity index is 2.12. The van der Waals surface area contributed by atoms with Crippen LogP contribution in [-0.4, -0.2) is 29.9 Å². The van der Waals surface area contributed by atoms with E-state index >= 15 is 0 Å². The van der Waals surface area contributed by atoms with E-state index in [1.54, 1.807) is 0 Å². The van der Waals surface area contributed by atoms with Crippen molar-refractivity contribution in [3.8, 4) is 11.1 Å². The zero-order valence-electron chi connectivity index (χ0n) is 12.1. The predicted octanol–water partition coefficient (Wildman–Crippen LogP) is 3.71. The molecule has 0 aliphatic rings. The fraction of sp³-hybridized carbons (Fsp3) is 0.222. The van der Waals surface area contributed by atoms with Gasteiger partial charge in [-0.05, 0) is 43.8 Å². The highest BCUT2D eigenvalue weighted by Crippen LogP contribution is 2.29. The van der Waals surface area contributed by atoms with E-state index in [-0.39, 0.29) is 0 Å². The van der Waals surface area contributed by atoms with Crippen LogP contribution in [0.5, 0.6) is 0 Å². The van der Waals surface area contributed by atoms with Gasteiger partial charge in [-0.15, -0.1) is 0 Å². The van der Waals surface area contributed by atoms with Crippen LogP contribution in [0.1, 0.15) is 5.56 Å². The van der Waals surface area contributed by atoms with Crippen molar-refractivity contribution in [2.45, 2.75) is 6.42 Å². The van der Waals surface area contributed by atoms with E-state index in [1.165, 1.54) is 22.2 Å². The Labute approximate surface area is 120 Å². The van der Waals surface area contributed by atoms with E-state index in [4.69, 9.17) is 0 Å². The minimum absolute atomic E-state index is 1.06. The Bertz CT molecular complexity index is 696. The van der Waals surface area contributed by atoms with Crippen molar-refractivity contribution < 1.29 is 0 Å². The topological polar surface area (TPSA) is 7.65 Å². The molecule has 0 aliphatic carbocycles. The highest BCUT2D eigenvalue weighted by atomic mass is 15.0. The van der Waals surface area contributed by atoms with Crippen molar-refractivity contribution in [1.29, 1.82) is 0 Å². The second-order valence-corrected chi connectivity index (χ2v) is 5.43. The maximum absolute atomic E-state index is 2.25. The first-order chi connectivity index (χ1) is 9.75. The SMILES string of the molecule is CN(C)CCc1c(-c2ccccc2)cn2ccccc12. The van der Waals surface area contributed by atoms with Crippen LogP contribution in [0.15, 0.2) is 60.9 Å². The number of hydrogen-bond acceptors (Lipinski definition) is 1. The molecule has 3 rings (SSSR count). The average Bonchev–Trinajstić information content (AvgIpc) is 2.84. The Morgan fingerprint density at radius 2 is 1.70 bits per heavy atom. The molecule has 0 bridgehead atoms. The first kappa shape index (κ1) is 12.9. The standard InChI is InChI=1S/C18H20N2/c1-19(2)13-11-16-17(15-8-4-3-5-9-15)14-20-12-7-6-10-18(16)20/h3-10,12,14H,11,13H2,1-2H3. The maximum Gasteiger partial charge on any atom is 0.0488 e. The van der Waals surface area contributed by atoms with Gasteiger partial charge < -0.3 is 9.30 Å². The van der Waals surface area contributed by atoms with Crippen LogP contribution in [0.2, 0.25) is 0 Å². The number of likely N-dealkylation sites (N-methyl/N-ethyl adjacent to an activating group) is 1. The molecule has 2 heteroatoms. The third-order valence-electron chi connectivity index (χ3n) is 3.69. The van der Waals surface area contributed by atoms with Gasteiger partial charge in [0.25, 0.3) is 0 Å². The molecule has 0 fully saturated rings. The fourth-order valence-corrected chi connectivity index (χ4v) is 2.64. The summed E-state index contributed by atoms with van der Waals surface area (Å²) in [4.78, 5) is 2.24. The molecule has 0 unspecified atom stereocenters. The summed E-state index contributed by atoms with van der Waals surface area (Å²) < 4.78 is 2.23. The van der Waals surface area contributed by atoms with Gasteiger partial charge in [0.1, 0.15) is 0 Å². The van der Waals surface area contributed by atoms with Crippen LogP contribution in [0.4, 0.5) is 0 Å². The number of fused-ring (bicyclic) bond motifs is 1. The Kier molecular flexibility index (Phi) is 3.57. The first-order valence-electron chi connectivity index (χ1n) is 7.04. The first-order valence-corrected chi connectivity index (χ1v) is 7.04. The van der Waals surface area contributed by atoms with E-state index in [1.807, 2.05) is 0 Å². The van der Waals surface area contributed by atoms with Gasteiger partial charge in [0.2, 0.25) is 0 Å². The zero-order valence-corrected chi connectivity index (χ0v) is 12.1. The molecule has 0 saturated carbocycles. The molecule has 20 heavy (non-hydrogen) atoms. The summed E-state index contributed by atoms with van der Waals surface area (Å²) in [6.45, 7) is 1.06. The summed E-state index contributed by atoms with van der Waals surface area (Å²) in [5.74, 6) is 0. The van der Waals surface area contributed by atoms with Gasteiger partial charge in [-0.2, -0.15) is 0 Å². The number of hydrogen-bond donors (Lipinski definition) is 0. The van der Waals surface area contributed by atoms with Gasteiger partial charge in [0, 0.05) is 30.0 Å². The molecule has 0 spiro atoms. The quantitative estimate of drug-likeness (QED) is 0.697. The van der Waals surface area contributed by atoms with Crippen molar-refractivity contribution in [2.24, 2.45) is 0 Å². The molecule has 0 saturated heterocycles. The van der Waals surface area contributed by atoms with Crippen LogP contribution in [-0.2, 0) is 6.42 Å². The third kappa shape index (κ3) is 2.47. The smallest absolute Gasteiger partial charge is 0.0488 e. The Hall–Kier alpha value is -2.06.